The Kier molecular flexibility index (Phi) is 5.42. The summed E-state index contributed by atoms with van der Waals surface area (Å²) in [6, 6.07) is 6.00. The molecule has 20 heavy (non-hydrogen) atoms. The number of nitrogens with two attached hydrogens (primary N) is 1. The summed E-state index contributed by atoms with van der Waals surface area (Å²) >= 11 is 0. The maximum Gasteiger partial charge on any atom is 0.240 e. The molecule has 0 radical (unpaired) electrons. The fourth-order valence-corrected chi connectivity index (χ4v) is 2.01. The van der Waals surface area contributed by atoms with E-state index in [9.17, 15) is 4.79 Å². The van der Waals surface area contributed by atoms with Crippen molar-refractivity contribution in [2.75, 3.05) is 6.61 Å². The molecular formula is C15H23ClN2O2. The Hall–Kier alpha value is -1.26. The molecule has 112 valence electrons. The summed E-state index contributed by atoms with van der Waals surface area (Å²) in [7, 11) is 0. The highest BCUT2D eigenvalue weighted by Crippen LogP contribution is 2.32. The second-order valence-electron chi connectivity index (χ2n) is 5.56. The van der Waals surface area contributed by atoms with Gasteiger partial charge in [0.1, 0.15) is 12.4 Å². The zero-order chi connectivity index (χ0) is 14.0. The summed E-state index contributed by atoms with van der Waals surface area (Å²) in [5, 5.41) is 2.90. The molecule has 0 heterocycles. The lowest BCUT2D eigenvalue weighted by molar-refractivity contribution is -0.124. The van der Waals surface area contributed by atoms with Crippen LogP contribution in [-0.4, -0.2) is 24.1 Å². The Morgan fingerprint density at radius 2 is 1.95 bits per heavy atom. The van der Waals surface area contributed by atoms with Crippen LogP contribution in [0, 0.1) is 13.8 Å². The van der Waals surface area contributed by atoms with Gasteiger partial charge < -0.3 is 15.8 Å². The fraction of sp³-hybridized carbons (Fsp3) is 0.533. The van der Waals surface area contributed by atoms with Gasteiger partial charge in [0.2, 0.25) is 5.91 Å². The average Bonchev–Trinajstić information content (AvgIpc) is 3.08. The fourth-order valence-electron chi connectivity index (χ4n) is 2.01. The van der Waals surface area contributed by atoms with Crippen molar-refractivity contribution in [3.63, 3.8) is 0 Å². The van der Waals surface area contributed by atoms with Crippen molar-refractivity contribution in [1.29, 1.82) is 0 Å². The number of carbonyl (C=O) groups is 1. The van der Waals surface area contributed by atoms with Gasteiger partial charge in [-0.15, -0.1) is 12.4 Å². The van der Waals surface area contributed by atoms with Crippen molar-refractivity contribution >= 4 is 18.3 Å². The number of para-hydroxylation sites is 1. The number of hydrogen-bond donors (Lipinski definition) is 2. The highest BCUT2D eigenvalue weighted by atomic mass is 35.5. The molecule has 1 atom stereocenters. The Labute approximate surface area is 126 Å². The van der Waals surface area contributed by atoms with Crippen molar-refractivity contribution in [3.8, 4) is 5.75 Å². The summed E-state index contributed by atoms with van der Waals surface area (Å²) in [5.41, 5.74) is 7.44. The molecule has 1 unspecified atom stereocenters. The molecule has 0 aromatic heterocycles. The zero-order valence-electron chi connectivity index (χ0n) is 12.2. The molecule has 1 aromatic rings. The number of rotatable bonds is 5. The van der Waals surface area contributed by atoms with E-state index >= 15 is 0 Å². The summed E-state index contributed by atoms with van der Waals surface area (Å²) in [6.07, 6.45) is 1.56. The van der Waals surface area contributed by atoms with Crippen molar-refractivity contribution in [3.05, 3.63) is 29.3 Å². The van der Waals surface area contributed by atoms with Gasteiger partial charge in [-0.05, 0) is 44.7 Å². The lowest BCUT2D eigenvalue weighted by Crippen LogP contribution is -2.47. The molecular weight excluding hydrogens is 276 g/mol. The molecule has 0 bridgehead atoms. The normalized spacial score (nSPS) is 16.8. The molecule has 4 nitrogen and oxygen atoms in total. The number of nitrogens with one attached hydrogen (secondary N) is 1. The highest BCUT2D eigenvalue weighted by molar-refractivity contribution is 5.89. The van der Waals surface area contributed by atoms with Crippen LogP contribution in [0.15, 0.2) is 18.2 Å². The number of aryl methyl sites for hydroxylation is 2. The summed E-state index contributed by atoms with van der Waals surface area (Å²) in [6.45, 7) is 6.42. The molecule has 0 spiro atoms. The predicted molar refractivity (Wildman–Crippen MR) is 82.4 cm³/mol. The van der Waals surface area contributed by atoms with Crippen LogP contribution in [0.3, 0.4) is 0 Å². The van der Waals surface area contributed by atoms with Crippen molar-refractivity contribution < 1.29 is 9.53 Å². The molecule has 5 heteroatoms. The van der Waals surface area contributed by atoms with E-state index in [4.69, 9.17) is 10.5 Å². The minimum absolute atomic E-state index is 0. The first kappa shape index (κ1) is 16.8. The monoisotopic (exact) mass is 298 g/mol. The van der Waals surface area contributed by atoms with E-state index in [1.807, 2.05) is 39.0 Å². The SMILES string of the molecule is Cc1cccc(C)c1OCC(C)NC(=O)C1(N)CC1.Cl. The minimum Gasteiger partial charge on any atom is -0.491 e. The molecule has 1 aliphatic rings. The average molecular weight is 299 g/mol. The van der Waals surface area contributed by atoms with Gasteiger partial charge in [-0.3, -0.25) is 4.79 Å². The zero-order valence-corrected chi connectivity index (χ0v) is 13.0. The summed E-state index contributed by atoms with van der Waals surface area (Å²) in [4.78, 5) is 11.8. The number of amides is 1. The van der Waals surface area contributed by atoms with Crippen LogP contribution in [0.5, 0.6) is 5.75 Å². The van der Waals surface area contributed by atoms with Crippen LogP contribution < -0.4 is 15.8 Å². The van der Waals surface area contributed by atoms with Gasteiger partial charge in [0.05, 0.1) is 11.6 Å². The summed E-state index contributed by atoms with van der Waals surface area (Å²) < 4.78 is 5.81. The largest absolute Gasteiger partial charge is 0.491 e. The van der Waals surface area contributed by atoms with Gasteiger partial charge in [-0.25, -0.2) is 0 Å². The third kappa shape index (κ3) is 3.87. The molecule has 0 saturated heterocycles. The number of halogens is 1. The van der Waals surface area contributed by atoms with Crippen LogP contribution in [-0.2, 0) is 4.79 Å². The van der Waals surface area contributed by atoms with Crippen LogP contribution in [0.1, 0.15) is 30.9 Å². The Balaban J connectivity index is 0.00000200. The van der Waals surface area contributed by atoms with E-state index in [0.717, 1.165) is 29.7 Å². The molecule has 2 rings (SSSR count). The van der Waals surface area contributed by atoms with Gasteiger partial charge >= 0.3 is 0 Å². The maximum absolute atomic E-state index is 11.8. The van der Waals surface area contributed by atoms with Crippen molar-refractivity contribution in [2.45, 2.75) is 45.2 Å². The molecule has 1 aromatic carbocycles. The standard InChI is InChI=1S/C15H22N2O2.ClH/c1-10-5-4-6-11(2)13(10)19-9-12(3)17-14(18)15(16)7-8-15;/h4-6,12H,7-9,16H2,1-3H3,(H,17,18);1H. The van der Waals surface area contributed by atoms with E-state index in [-0.39, 0.29) is 24.4 Å². The predicted octanol–water partition coefficient (Wildman–Crippen LogP) is 2.10. The lowest BCUT2D eigenvalue weighted by atomic mass is 10.1. The summed E-state index contributed by atoms with van der Waals surface area (Å²) in [5.74, 6) is 0.836. The smallest absolute Gasteiger partial charge is 0.240 e. The number of carbonyl (C=O) groups excluding carboxylic acids is 1. The third-order valence-electron chi connectivity index (χ3n) is 3.50. The third-order valence-corrected chi connectivity index (χ3v) is 3.50. The molecule has 3 N–H and O–H groups in total. The second-order valence-corrected chi connectivity index (χ2v) is 5.56. The second kappa shape index (κ2) is 6.46. The molecule has 1 saturated carbocycles. The molecule has 0 aliphatic heterocycles. The minimum atomic E-state index is -0.618. The Morgan fingerprint density at radius 1 is 1.40 bits per heavy atom. The van der Waals surface area contributed by atoms with Crippen LogP contribution in [0.25, 0.3) is 0 Å². The number of ether oxygens (including phenoxy) is 1. The Bertz CT molecular complexity index is 467. The van der Waals surface area contributed by atoms with E-state index in [1.54, 1.807) is 0 Å². The number of hydrogen-bond acceptors (Lipinski definition) is 3. The van der Waals surface area contributed by atoms with Crippen LogP contribution in [0.2, 0.25) is 0 Å². The maximum atomic E-state index is 11.8. The van der Waals surface area contributed by atoms with Gasteiger partial charge in [0.15, 0.2) is 0 Å². The Morgan fingerprint density at radius 3 is 2.45 bits per heavy atom. The van der Waals surface area contributed by atoms with Gasteiger partial charge in [-0.1, -0.05) is 18.2 Å². The van der Waals surface area contributed by atoms with Crippen molar-refractivity contribution in [2.24, 2.45) is 5.73 Å². The topological polar surface area (TPSA) is 64.3 Å². The first-order chi connectivity index (χ1) is 8.92. The lowest BCUT2D eigenvalue weighted by Gasteiger charge is -2.19. The molecule has 1 amide bonds. The molecule has 1 fully saturated rings. The van der Waals surface area contributed by atoms with E-state index in [1.165, 1.54) is 0 Å². The van der Waals surface area contributed by atoms with E-state index in [0.29, 0.717) is 6.61 Å². The number of benzene rings is 1. The van der Waals surface area contributed by atoms with Crippen molar-refractivity contribution in [1.82, 2.24) is 5.32 Å². The van der Waals surface area contributed by atoms with Crippen LogP contribution in [0.4, 0.5) is 0 Å². The highest BCUT2D eigenvalue weighted by Gasteiger charge is 2.46. The molecule has 1 aliphatic carbocycles. The van der Waals surface area contributed by atoms with Gasteiger partial charge in [0.25, 0.3) is 0 Å². The van der Waals surface area contributed by atoms with E-state index in [2.05, 4.69) is 5.32 Å². The van der Waals surface area contributed by atoms with Gasteiger partial charge in [-0.2, -0.15) is 0 Å². The quantitative estimate of drug-likeness (QED) is 0.875. The first-order valence-electron chi connectivity index (χ1n) is 6.71. The van der Waals surface area contributed by atoms with E-state index < -0.39 is 5.54 Å². The van der Waals surface area contributed by atoms with Crippen LogP contribution >= 0.6 is 12.4 Å². The van der Waals surface area contributed by atoms with Gasteiger partial charge in [0, 0.05) is 0 Å². The first-order valence-corrected chi connectivity index (χ1v) is 6.71.